The smallest absolute Gasteiger partial charge is 0.323 e. The summed E-state index contributed by atoms with van der Waals surface area (Å²) in [5, 5.41) is 5.59. The van der Waals surface area contributed by atoms with Gasteiger partial charge in [-0.2, -0.15) is 0 Å². The Hall–Kier alpha value is -2.49. The number of nitrogens with two attached hydrogens (primary N) is 1. The molecule has 0 fully saturated rings. The zero-order valence-electron chi connectivity index (χ0n) is 11.9. The van der Waals surface area contributed by atoms with Crippen LogP contribution in [0.2, 0.25) is 0 Å². The van der Waals surface area contributed by atoms with E-state index in [1.165, 1.54) is 0 Å². The van der Waals surface area contributed by atoms with Gasteiger partial charge in [0.1, 0.15) is 0 Å². The van der Waals surface area contributed by atoms with Gasteiger partial charge < -0.3 is 16.4 Å². The molecule has 0 saturated heterocycles. The molecular formula is C16H19N3O. The topological polar surface area (TPSA) is 67.2 Å². The first-order valence-electron chi connectivity index (χ1n) is 6.47. The van der Waals surface area contributed by atoms with Crippen LogP contribution in [0.15, 0.2) is 36.4 Å². The van der Waals surface area contributed by atoms with Crippen molar-refractivity contribution in [1.29, 1.82) is 0 Å². The van der Waals surface area contributed by atoms with E-state index in [0.717, 1.165) is 22.4 Å². The molecule has 0 radical (unpaired) electrons. The molecule has 2 aromatic carbocycles. The predicted octanol–water partition coefficient (Wildman–Crippen LogP) is 3.84. The number of carbonyl (C=O) groups is 1. The lowest BCUT2D eigenvalue weighted by Crippen LogP contribution is -2.21. The minimum absolute atomic E-state index is 0.297. The van der Waals surface area contributed by atoms with Gasteiger partial charge in [-0.1, -0.05) is 23.8 Å². The summed E-state index contributed by atoms with van der Waals surface area (Å²) >= 11 is 0. The molecule has 0 unspecified atom stereocenters. The first-order valence-corrected chi connectivity index (χ1v) is 6.47. The summed E-state index contributed by atoms with van der Waals surface area (Å²) in [6.07, 6.45) is 0. The van der Waals surface area contributed by atoms with E-state index in [1.54, 1.807) is 6.07 Å². The van der Waals surface area contributed by atoms with E-state index in [4.69, 9.17) is 5.73 Å². The van der Waals surface area contributed by atoms with Crippen molar-refractivity contribution in [1.82, 2.24) is 0 Å². The van der Waals surface area contributed by atoms with E-state index in [0.29, 0.717) is 11.4 Å². The molecule has 0 aliphatic rings. The number of nitrogens with one attached hydrogen (secondary N) is 2. The minimum atomic E-state index is -0.297. The molecule has 2 aromatic rings. The molecule has 2 amide bonds. The predicted molar refractivity (Wildman–Crippen MR) is 84.1 cm³/mol. The first kappa shape index (κ1) is 13.9. The quantitative estimate of drug-likeness (QED) is 0.725. The van der Waals surface area contributed by atoms with Crippen LogP contribution in [0, 0.1) is 20.8 Å². The molecule has 4 nitrogen and oxygen atoms in total. The van der Waals surface area contributed by atoms with E-state index < -0.39 is 0 Å². The fraction of sp³-hybridized carbons (Fsp3) is 0.188. The van der Waals surface area contributed by atoms with Crippen LogP contribution >= 0.6 is 0 Å². The normalized spacial score (nSPS) is 10.2. The molecule has 4 N–H and O–H groups in total. The molecule has 0 atom stereocenters. The molecule has 4 heteroatoms. The van der Waals surface area contributed by atoms with Crippen molar-refractivity contribution in [3.05, 3.63) is 53.1 Å². The summed E-state index contributed by atoms with van der Waals surface area (Å²) in [7, 11) is 0. The first-order chi connectivity index (χ1) is 9.47. The number of nitrogen functional groups attached to an aromatic ring is 1. The number of hydrogen-bond acceptors (Lipinski definition) is 2. The highest BCUT2D eigenvalue weighted by Crippen LogP contribution is 2.26. The van der Waals surface area contributed by atoms with Gasteiger partial charge in [-0.05, 0) is 50.1 Å². The molecule has 0 saturated carbocycles. The Morgan fingerprint density at radius 1 is 0.950 bits per heavy atom. The summed E-state index contributed by atoms with van der Waals surface area (Å²) in [4.78, 5) is 12.0. The number of urea groups is 1. The summed E-state index contributed by atoms with van der Waals surface area (Å²) in [6, 6.07) is 11.1. The molecule has 0 spiro atoms. The maximum absolute atomic E-state index is 12.0. The minimum Gasteiger partial charge on any atom is -0.397 e. The third-order valence-corrected chi connectivity index (χ3v) is 3.32. The lowest BCUT2D eigenvalue weighted by Gasteiger charge is -2.14. The highest BCUT2D eigenvalue weighted by molar-refractivity contribution is 6.02. The van der Waals surface area contributed by atoms with Crippen molar-refractivity contribution < 1.29 is 4.79 Å². The number of amides is 2. The van der Waals surface area contributed by atoms with E-state index in [2.05, 4.69) is 10.6 Å². The van der Waals surface area contributed by atoms with Crippen molar-refractivity contribution in [3.8, 4) is 0 Å². The Bertz CT molecular complexity index is 633. The second kappa shape index (κ2) is 5.65. The van der Waals surface area contributed by atoms with E-state index >= 15 is 0 Å². The maximum Gasteiger partial charge on any atom is 0.323 e. The second-order valence-corrected chi connectivity index (χ2v) is 4.92. The Kier molecular flexibility index (Phi) is 3.94. The maximum atomic E-state index is 12.0. The van der Waals surface area contributed by atoms with Gasteiger partial charge in [-0.3, -0.25) is 0 Å². The van der Waals surface area contributed by atoms with Crippen LogP contribution in [0.25, 0.3) is 0 Å². The molecule has 0 heterocycles. The van der Waals surface area contributed by atoms with Crippen LogP contribution < -0.4 is 16.4 Å². The summed E-state index contributed by atoms with van der Waals surface area (Å²) < 4.78 is 0. The standard InChI is InChI=1S/C16H19N3O/c1-10-4-7-13(8-5-10)18-16(20)19-15-12(3)11(2)6-9-14(15)17/h4-9H,17H2,1-3H3,(H2,18,19,20). The largest absolute Gasteiger partial charge is 0.397 e. The molecule has 2 rings (SSSR count). The van der Waals surface area contributed by atoms with Crippen LogP contribution in [-0.4, -0.2) is 6.03 Å². The van der Waals surface area contributed by atoms with E-state index in [1.807, 2.05) is 51.1 Å². The van der Waals surface area contributed by atoms with Crippen LogP contribution in [0.5, 0.6) is 0 Å². The van der Waals surface area contributed by atoms with Crippen LogP contribution in [0.3, 0.4) is 0 Å². The van der Waals surface area contributed by atoms with Gasteiger partial charge in [0, 0.05) is 5.69 Å². The Balaban J connectivity index is 2.12. The van der Waals surface area contributed by atoms with Crippen molar-refractivity contribution in [2.75, 3.05) is 16.4 Å². The van der Waals surface area contributed by atoms with Gasteiger partial charge in [0.15, 0.2) is 0 Å². The van der Waals surface area contributed by atoms with Gasteiger partial charge in [-0.25, -0.2) is 4.79 Å². The number of benzene rings is 2. The fourth-order valence-corrected chi connectivity index (χ4v) is 1.92. The summed E-state index contributed by atoms with van der Waals surface area (Å²) in [5.74, 6) is 0. The molecule has 0 aromatic heterocycles. The number of anilines is 3. The number of hydrogen-bond donors (Lipinski definition) is 3. The summed E-state index contributed by atoms with van der Waals surface area (Å²) in [6.45, 7) is 5.92. The zero-order valence-corrected chi connectivity index (χ0v) is 11.9. The average Bonchev–Trinajstić information content (AvgIpc) is 2.42. The third kappa shape index (κ3) is 3.09. The lowest BCUT2D eigenvalue weighted by molar-refractivity contribution is 0.262. The van der Waals surface area contributed by atoms with Crippen LogP contribution in [0.4, 0.5) is 21.9 Å². The Morgan fingerprint density at radius 3 is 2.25 bits per heavy atom. The van der Waals surface area contributed by atoms with E-state index in [-0.39, 0.29) is 6.03 Å². The van der Waals surface area contributed by atoms with Gasteiger partial charge in [0.2, 0.25) is 0 Å². The summed E-state index contributed by atoms with van der Waals surface area (Å²) in [5.41, 5.74) is 11.1. The molecule has 104 valence electrons. The number of rotatable bonds is 2. The lowest BCUT2D eigenvalue weighted by atomic mass is 10.1. The van der Waals surface area contributed by atoms with Crippen LogP contribution in [-0.2, 0) is 0 Å². The third-order valence-electron chi connectivity index (χ3n) is 3.32. The van der Waals surface area contributed by atoms with Gasteiger partial charge in [-0.15, -0.1) is 0 Å². The van der Waals surface area contributed by atoms with Gasteiger partial charge in [0.05, 0.1) is 11.4 Å². The molecular weight excluding hydrogens is 250 g/mol. The second-order valence-electron chi connectivity index (χ2n) is 4.92. The monoisotopic (exact) mass is 269 g/mol. The molecule has 20 heavy (non-hydrogen) atoms. The van der Waals surface area contributed by atoms with Gasteiger partial charge in [0.25, 0.3) is 0 Å². The van der Waals surface area contributed by atoms with E-state index in [9.17, 15) is 4.79 Å². The van der Waals surface area contributed by atoms with Crippen LogP contribution in [0.1, 0.15) is 16.7 Å². The molecule has 0 bridgehead atoms. The van der Waals surface area contributed by atoms with Crippen molar-refractivity contribution >= 4 is 23.1 Å². The van der Waals surface area contributed by atoms with Crippen molar-refractivity contribution in [2.24, 2.45) is 0 Å². The van der Waals surface area contributed by atoms with Gasteiger partial charge >= 0.3 is 6.03 Å². The number of aryl methyl sites for hydroxylation is 2. The Morgan fingerprint density at radius 2 is 1.60 bits per heavy atom. The highest BCUT2D eigenvalue weighted by Gasteiger charge is 2.09. The molecule has 0 aliphatic heterocycles. The average molecular weight is 269 g/mol. The number of carbonyl (C=O) groups excluding carboxylic acids is 1. The SMILES string of the molecule is Cc1ccc(NC(=O)Nc2c(N)ccc(C)c2C)cc1. The molecule has 0 aliphatic carbocycles. The highest BCUT2D eigenvalue weighted by atomic mass is 16.2. The fourth-order valence-electron chi connectivity index (χ4n) is 1.92. The Labute approximate surface area is 119 Å². The van der Waals surface area contributed by atoms with Crippen molar-refractivity contribution in [2.45, 2.75) is 20.8 Å². The zero-order chi connectivity index (χ0) is 14.7. The van der Waals surface area contributed by atoms with Crippen molar-refractivity contribution in [3.63, 3.8) is 0 Å².